The fourth-order valence-corrected chi connectivity index (χ4v) is 8.31. The number of hydrogen-bond acceptors (Lipinski definition) is 3. The zero-order chi connectivity index (χ0) is 32.2. The van der Waals surface area contributed by atoms with Crippen LogP contribution >= 0.6 is 0 Å². The number of rotatable bonds is 4. The Morgan fingerprint density at radius 1 is 0.729 bits per heavy atom. The zero-order valence-corrected chi connectivity index (χ0v) is 27.4. The van der Waals surface area contributed by atoms with E-state index < -0.39 is 0 Å². The molecule has 3 nitrogen and oxygen atoms in total. The minimum atomic E-state index is -0.296. The van der Waals surface area contributed by atoms with Crippen molar-refractivity contribution in [3.05, 3.63) is 168 Å². The Morgan fingerprint density at radius 3 is 2.38 bits per heavy atom. The Hall–Kier alpha value is -5.41. The Morgan fingerprint density at radius 2 is 1.52 bits per heavy atom. The highest BCUT2D eigenvalue weighted by atomic mass is 14.9. The van der Waals surface area contributed by atoms with Gasteiger partial charge in [-0.15, -0.1) is 0 Å². The molecular weight excluding hydrogens is 583 g/mol. The maximum atomic E-state index is 5.52. The largest absolute Gasteiger partial charge is 0.257 e. The SMILES string of the molecule is CC1CC(c2nc(-c3cc4ccccc4c4ccccc34)cc(C3(C)Cc4ccccc4C4=C3C=CCC4)n2)=CC=C1c1ccccn1. The molecule has 0 radical (unpaired) electrons. The first-order chi connectivity index (χ1) is 23.6. The molecule has 0 spiro atoms. The molecule has 0 saturated heterocycles. The van der Waals surface area contributed by atoms with Gasteiger partial charge in [-0.2, -0.15) is 0 Å². The first-order valence-electron chi connectivity index (χ1n) is 17.2. The number of aromatic nitrogens is 3. The minimum Gasteiger partial charge on any atom is -0.257 e. The number of nitrogens with zero attached hydrogens (tertiary/aromatic N) is 3. The van der Waals surface area contributed by atoms with Crippen molar-refractivity contribution < 1.29 is 0 Å². The van der Waals surface area contributed by atoms with Gasteiger partial charge in [0.15, 0.2) is 5.82 Å². The van der Waals surface area contributed by atoms with E-state index in [1.807, 2.05) is 12.3 Å². The molecule has 2 aromatic heterocycles. The van der Waals surface area contributed by atoms with E-state index >= 15 is 0 Å². The van der Waals surface area contributed by atoms with E-state index in [0.29, 0.717) is 5.92 Å². The lowest BCUT2D eigenvalue weighted by molar-refractivity contribution is 0.534. The molecule has 4 aromatic carbocycles. The van der Waals surface area contributed by atoms with Crippen molar-refractivity contribution in [3.8, 4) is 11.3 Å². The summed E-state index contributed by atoms with van der Waals surface area (Å²) in [5, 5.41) is 4.95. The van der Waals surface area contributed by atoms with Gasteiger partial charge < -0.3 is 0 Å². The van der Waals surface area contributed by atoms with Gasteiger partial charge in [0.05, 0.1) is 17.1 Å². The van der Waals surface area contributed by atoms with E-state index in [1.54, 1.807) is 0 Å². The van der Waals surface area contributed by atoms with Gasteiger partial charge in [0.1, 0.15) is 0 Å². The van der Waals surface area contributed by atoms with E-state index in [-0.39, 0.29) is 5.41 Å². The molecule has 0 bridgehead atoms. The first kappa shape index (κ1) is 28.8. The average molecular weight is 620 g/mol. The number of benzene rings is 4. The molecule has 232 valence electrons. The fraction of sp³-hybridized carbons (Fsp3) is 0.178. The van der Waals surface area contributed by atoms with Crippen molar-refractivity contribution in [2.45, 2.75) is 44.9 Å². The second-order valence-corrected chi connectivity index (χ2v) is 13.8. The maximum absolute atomic E-state index is 5.52. The van der Waals surface area contributed by atoms with Crippen LogP contribution in [0.1, 0.15) is 61.4 Å². The highest BCUT2D eigenvalue weighted by Gasteiger charge is 2.40. The molecular formula is C45H37N3. The predicted octanol–water partition coefficient (Wildman–Crippen LogP) is 11.0. The third-order valence-electron chi connectivity index (χ3n) is 10.8. The molecule has 3 aliphatic rings. The molecule has 0 amide bonds. The van der Waals surface area contributed by atoms with Crippen molar-refractivity contribution >= 4 is 38.3 Å². The molecule has 6 aromatic rings. The summed E-state index contributed by atoms with van der Waals surface area (Å²) in [5.74, 6) is 1.12. The van der Waals surface area contributed by atoms with Gasteiger partial charge in [-0.05, 0) is 118 Å². The Bertz CT molecular complexity index is 2380. The van der Waals surface area contributed by atoms with Crippen LogP contribution in [0.2, 0.25) is 0 Å². The normalized spacial score (nSPS) is 20.3. The van der Waals surface area contributed by atoms with E-state index in [4.69, 9.17) is 9.97 Å². The summed E-state index contributed by atoms with van der Waals surface area (Å²) < 4.78 is 0. The molecule has 48 heavy (non-hydrogen) atoms. The van der Waals surface area contributed by atoms with Gasteiger partial charge in [0.25, 0.3) is 0 Å². The first-order valence-corrected chi connectivity index (χ1v) is 17.2. The van der Waals surface area contributed by atoms with E-state index in [9.17, 15) is 0 Å². The van der Waals surface area contributed by atoms with Crippen molar-refractivity contribution in [1.82, 2.24) is 15.0 Å². The Labute approximate surface area is 282 Å². The van der Waals surface area contributed by atoms with Gasteiger partial charge in [-0.3, -0.25) is 4.98 Å². The van der Waals surface area contributed by atoms with Gasteiger partial charge in [0, 0.05) is 17.2 Å². The maximum Gasteiger partial charge on any atom is 0.156 e. The molecule has 2 unspecified atom stereocenters. The highest BCUT2D eigenvalue weighted by Crippen LogP contribution is 2.49. The second kappa shape index (κ2) is 11.4. The summed E-state index contributed by atoms with van der Waals surface area (Å²) in [6.45, 7) is 4.69. The average Bonchev–Trinajstić information content (AvgIpc) is 3.15. The van der Waals surface area contributed by atoms with Gasteiger partial charge >= 0.3 is 0 Å². The zero-order valence-electron chi connectivity index (χ0n) is 27.4. The van der Waals surface area contributed by atoms with Gasteiger partial charge in [-0.25, -0.2) is 9.97 Å². The van der Waals surface area contributed by atoms with Crippen LogP contribution in [0.4, 0.5) is 0 Å². The molecule has 2 heterocycles. The molecule has 0 aliphatic heterocycles. The third kappa shape index (κ3) is 4.68. The van der Waals surface area contributed by atoms with Crippen molar-refractivity contribution in [2.24, 2.45) is 5.92 Å². The minimum absolute atomic E-state index is 0.296. The van der Waals surface area contributed by atoms with Crippen LogP contribution in [0.15, 0.2) is 139 Å². The summed E-state index contributed by atoms with van der Waals surface area (Å²) in [6, 6.07) is 37.2. The van der Waals surface area contributed by atoms with E-state index in [1.165, 1.54) is 55.0 Å². The van der Waals surface area contributed by atoms with Crippen LogP contribution in [-0.4, -0.2) is 15.0 Å². The third-order valence-corrected chi connectivity index (χ3v) is 10.8. The van der Waals surface area contributed by atoms with Crippen LogP contribution in [0.25, 0.3) is 49.5 Å². The molecule has 0 saturated carbocycles. The lowest BCUT2D eigenvalue weighted by Crippen LogP contribution is -2.33. The van der Waals surface area contributed by atoms with Crippen LogP contribution < -0.4 is 0 Å². The molecule has 2 atom stereocenters. The summed E-state index contributed by atoms with van der Waals surface area (Å²) in [5.41, 5.74) is 12.1. The number of allylic oxidation sites excluding steroid dienone is 8. The number of hydrogen-bond donors (Lipinski definition) is 0. The predicted molar refractivity (Wildman–Crippen MR) is 199 cm³/mol. The summed E-state index contributed by atoms with van der Waals surface area (Å²) >= 11 is 0. The summed E-state index contributed by atoms with van der Waals surface area (Å²) in [4.78, 5) is 15.6. The number of fused-ring (bicyclic) bond motifs is 5. The molecule has 3 aliphatic carbocycles. The number of pyridine rings is 1. The smallest absolute Gasteiger partial charge is 0.156 e. The quantitative estimate of drug-likeness (QED) is 0.184. The van der Waals surface area contributed by atoms with Crippen LogP contribution in [0, 0.1) is 5.92 Å². The Balaban J connectivity index is 1.29. The van der Waals surface area contributed by atoms with Crippen LogP contribution in [0.5, 0.6) is 0 Å². The topological polar surface area (TPSA) is 38.7 Å². The Kier molecular flexibility index (Phi) is 6.83. The van der Waals surface area contributed by atoms with E-state index in [0.717, 1.165) is 54.2 Å². The molecule has 0 fully saturated rings. The standard InChI is InChI=1S/C45H37N3/c1-29-25-31(22-23-33(29)41-21-11-12-24-46-41)44-47-42(39-26-30-13-3-5-15-34(30)36-17-7-8-18-37(36)39)27-43(48-44)45(2)28-32-14-4-6-16-35(32)38-19-9-10-20-40(38)45/h3-8,10-18,20-24,26-27,29H,9,19,25,28H2,1-2H3. The second-order valence-electron chi connectivity index (χ2n) is 13.8. The lowest BCUT2D eigenvalue weighted by atomic mass is 9.65. The van der Waals surface area contributed by atoms with Crippen LogP contribution in [0.3, 0.4) is 0 Å². The molecule has 3 heteroatoms. The van der Waals surface area contributed by atoms with Crippen LogP contribution in [-0.2, 0) is 11.8 Å². The lowest BCUT2D eigenvalue weighted by Gasteiger charge is -2.39. The monoisotopic (exact) mass is 619 g/mol. The molecule has 0 N–H and O–H groups in total. The highest BCUT2D eigenvalue weighted by molar-refractivity contribution is 6.13. The van der Waals surface area contributed by atoms with Crippen molar-refractivity contribution in [1.29, 1.82) is 0 Å². The van der Waals surface area contributed by atoms with Gasteiger partial charge in [-0.1, -0.05) is 110 Å². The van der Waals surface area contributed by atoms with E-state index in [2.05, 4.69) is 140 Å². The van der Waals surface area contributed by atoms with Crippen molar-refractivity contribution in [3.63, 3.8) is 0 Å². The van der Waals surface area contributed by atoms with Gasteiger partial charge in [0.2, 0.25) is 0 Å². The van der Waals surface area contributed by atoms with Crippen molar-refractivity contribution in [2.75, 3.05) is 0 Å². The fourth-order valence-electron chi connectivity index (χ4n) is 8.31. The summed E-state index contributed by atoms with van der Waals surface area (Å²) in [7, 11) is 0. The molecule has 9 rings (SSSR count). The summed E-state index contributed by atoms with van der Waals surface area (Å²) in [6.07, 6.45) is 15.0.